The van der Waals surface area contributed by atoms with Crippen LogP contribution in [0.15, 0.2) is 114 Å². The van der Waals surface area contributed by atoms with Crippen LogP contribution in [0.5, 0.6) is 0 Å². The van der Waals surface area contributed by atoms with E-state index in [1.54, 1.807) is 0 Å². The van der Waals surface area contributed by atoms with E-state index in [4.69, 9.17) is 12.3 Å². The first-order chi connectivity index (χ1) is 19.5. The molecule has 4 unspecified atom stereocenters. The third-order valence-corrected chi connectivity index (χ3v) is 13.1. The summed E-state index contributed by atoms with van der Waals surface area (Å²) in [6.07, 6.45) is 12.9. The normalized spacial score (nSPS) is 24.6. The quantitative estimate of drug-likeness (QED) is 0.223. The van der Waals surface area contributed by atoms with Crippen LogP contribution in [0.4, 0.5) is 0 Å². The van der Waals surface area contributed by atoms with Crippen molar-refractivity contribution in [2.75, 3.05) is 0 Å². The Balaban J connectivity index is 1.55. The van der Waals surface area contributed by atoms with Gasteiger partial charge in [0.05, 0.1) is 10.6 Å². The maximum absolute atomic E-state index is 7.91. The van der Waals surface area contributed by atoms with E-state index in [0.717, 1.165) is 25.0 Å². The summed E-state index contributed by atoms with van der Waals surface area (Å²) < 4.78 is 7.17. The summed E-state index contributed by atoms with van der Waals surface area (Å²) in [6.45, 7) is 7.11. The van der Waals surface area contributed by atoms with Crippen LogP contribution in [-0.4, -0.2) is 13.7 Å². The number of hydrogen-bond donors (Lipinski definition) is 0. The average Bonchev–Trinajstić information content (AvgIpc) is 3.12. The summed E-state index contributed by atoms with van der Waals surface area (Å²) >= 11 is 0. The van der Waals surface area contributed by atoms with E-state index in [9.17, 15) is 0 Å². The van der Waals surface area contributed by atoms with Gasteiger partial charge in [0, 0.05) is 18.3 Å². The molecule has 2 radical (unpaired) electrons. The summed E-state index contributed by atoms with van der Waals surface area (Å²) in [5.41, 5.74) is 5.33. The number of allylic oxidation sites excluding steroid dienone is 5. The fourth-order valence-electron chi connectivity index (χ4n) is 7.27. The van der Waals surface area contributed by atoms with Gasteiger partial charge in [-0.3, -0.25) is 0 Å². The molecule has 0 N–H and O–H groups in total. The molecule has 0 aromatic heterocycles. The molecule has 0 aliphatic heterocycles. The molecule has 202 valence electrons. The zero-order valence-corrected chi connectivity index (χ0v) is 25.1. The number of hydrogen-bond acceptors (Lipinski definition) is 1. The molecule has 3 aliphatic rings. The van der Waals surface area contributed by atoms with Crippen LogP contribution >= 0.6 is 7.14 Å². The van der Waals surface area contributed by atoms with Gasteiger partial charge in [-0.15, -0.1) is 0 Å². The van der Waals surface area contributed by atoms with Gasteiger partial charge in [0.25, 0.3) is 0 Å². The van der Waals surface area contributed by atoms with Gasteiger partial charge in [-0.05, 0) is 84.9 Å². The second-order valence-corrected chi connectivity index (χ2v) is 15.5. The minimum absolute atomic E-state index is 0.0805. The molecule has 0 heterocycles. The van der Waals surface area contributed by atoms with E-state index in [-0.39, 0.29) is 11.8 Å². The first-order valence-corrected chi connectivity index (χ1v) is 17.0. The highest BCUT2D eigenvalue weighted by atomic mass is 31.2. The smallest absolute Gasteiger partial charge is 0.378 e. The summed E-state index contributed by atoms with van der Waals surface area (Å²) in [6, 6.07) is 30.7. The average molecular weight is 544 g/mol. The van der Waals surface area contributed by atoms with Crippen molar-refractivity contribution in [3.63, 3.8) is 0 Å². The van der Waals surface area contributed by atoms with Crippen molar-refractivity contribution < 1.29 is 4.74 Å². The summed E-state index contributed by atoms with van der Waals surface area (Å²) in [5.74, 6) is 2.90. The van der Waals surface area contributed by atoms with Gasteiger partial charge >= 0.3 is 7.57 Å². The Kier molecular flexibility index (Phi) is 7.92. The van der Waals surface area contributed by atoms with Gasteiger partial charge in [-0.1, -0.05) is 100 Å². The Morgan fingerprint density at radius 1 is 0.850 bits per heavy atom. The van der Waals surface area contributed by atoms with Gasteiger partial charge in [-0.25, -0.2) is 0 Å². The highest BCUT2D eigenvalue weighted by Gasteiger charge is 2.50. The van der Waals surface area contributed by atoms with Gasteiger partial charge in [-0.2, -0.15) is 0 Å². The van der Waals surface area contributed by atoms with Crippen LogP contribution in [0, 0.1) is 17.8 Å². The molecular weight excluding hydrogens is 502 g/mol. The molecule has 4 atom stereocenters. The highest BCUT2D eigenvalue weighted by Crippen LogP contribution is 2.69. The lowest BCUT2D eigenvalue weighted by molar-refractivity contribution is 0.0258. The molecule has 1 fully saturated rings. The van der Waals surface area contributed by atoms with E-state index in [0.29, 0.717) is 17.8 Å². The molecule has 1 nitrogen and oxygen atoms in total. The zero-order chi connectivity index (χ0) is 27.7. The number of fused-ring (bicyclic) bond motifs is 1. The van der Waals surface area contributed by atoms with Crippen LogP contribution in [0.2, 0.25) is 0 Å². The Morgan fingerprint density at radius 2 is 1.50 bits per heavy atom. The lowest BCUT2D eigenvalue weighted by Crippen LogP contribution is -2.34. The lowest BCUT2D eigenvalue weighted by Gasteiger charge is -2.38. The Bertz CT molecular complexity index is 1380. The van der Waals surface area contributed by atoms with Crippen LogP contribution < -0.4 is 10.6 Å². The standard InChI is InChI=1S/C37H41BOP/c1-26(2)31-23-22-27(3)24-35(31)39-36-25-28-14-10-11-19-32(28)37(34-21-13-12-20-33(34)36)40(38,29-15-6-4-7-16-29)30-17-8-5-9-18-30/h4-10,12-18,20-21,25-27,31,35,37H,11,19,22-24H2,1-3H3/q+1. The molecule has 3 aromatic rings. The first-order valence-electron chi connectivity index (χ1n) is 15.1. The predicted molar refractivity (Wildman–Crippen MR) is 174 cm³/mol. The molecule has 0 bridgehead atoms. The second kappa shape index (κ2) is 11.6. The monoisotopic (exact) mass is 543 g/mol. The summed E-state index contributed by atoms with van der Waals surface area (Å²) in [5, 5.41) is 2.49. The minimum Gasteiger partial charge on any atom is -0.489 e. The van der Waals surface area contributed by atoms with E-state index < -0.39 is 7.14 Å². The molecular formula is C37H41BOP+. The fourth-order valence-corrected chi connectivity index (χ4v) is 10.9. The number of benzene rings is 3. The van der Waals surface area contributed by atoms with Crippen LogP contribution in [0.25, 0.3) is 5.76 Å². The van der Waals surface area contributed by atoms with Crippen LogP contribution in [0.1, 0.15) is 69.7 Å². The molecule has 3 aromatic carbocycles. The van der Waals surface area contributed by atoms with Gasteiger partial charge in [0.15, 0.2) is 0 Å². The molecule has 1 saturated carbocycles. The van der Waals surface area contributed by atoms with Crippen molar-refractivity contribution in [3.8, 4) is 0 Å². The third kappa shape index (κ3) is 5.05. The first kappa shape index (κ1) is 27.3. The second-order valence-electron chi connectivity index (χ2n) is 12.4. The van der Waals surface area contributed by atoms with Crippen molar-refractivity contribution in [1.29, 1.82) is 0 Å². The van der Waals surface area contributed by atoms with Crippen molar-refractivity contribution in [2.24, 2.45) is 17.8 Å². The molecule has 3 heteroatoms. The van der Waals surface area contributed by atoms with Crippen molar-refractivity contribution in [1.82, 2.24) is 0 Å². The number of ether oxygens (including phenoxy) is 1. The maximum atomic E-state index is 7.91. The largest absolute Gasteiger partial charge is 0.489 e. The van der Waals surface area contributed by atoms with Crippen molar-refractivity contribution in [3.05, 3.63) is 125 Å². The van der Waals surface area contributed by atoms with Gasteiger partial charge < -0.3 is 4.74 Å². The Morgan fingerprint density at radius 3 is 2.17 bits per heavy atom. The molecule has 0 amide bonds. The van der Waals surface area contributed by atoms with Crippen LogP contribution in [0.3, 0.4) is 0 Å². The van der Waals surface area contributed by atoms with E-state index in [1.807, 2.05) is 0 Å². The van der Waals surface area contributed by atoms with Crippen molar-refractivity contribution >= 4 is 31.1 Å². The highest BCUT2D eigenvalue weighted by molar-refractivity contribution is 8.08. The zero-order valence-electron chi connectivity index (χ0n) is 24.2. The fraction of sp³-hybridized carbons (Fsp3) is 0.351. The van der Waals surface area contributed by atoms with Crippen molar-refractivity contribution in [2.45, 2.75) is 64.6 Å². The molecule has 40 heavy (non-hydrogen) atoms. The molecule has 6 rings (SSSR count). The van der Waals surface area contributed by atoms with Gasteiger partial charge in [0.1, 0.15) is 17.5 Å². The summed E-state index contributed by atoms with van der Waals surface area (Å²) in [4.78, 5) is 0. The number of rotatable bonds is 6. The van der Waals surface area contributed by atoms with Gasteiger partial charge in [0.2, 0.25) is 0 Å². The lowest BCUT2D eigenvalue weighted by atomic mass is 9.75. The summed E-state index contributed by atoms with van der Waals surface area (Å²) in [7, 11) is 5.52. The van der Waals surface area contributed by atoms with E-state index in [1.165, 1.54) is 45.7 Å². The minimum atomic E-state index is -2.39. The molecule has 0 spiro atoms. The SMILES string of the molecule is [B][P+](c1ccccc1)(c1ccccc1)C1C2=C(C=CCC2)C=C(OC2CC(C)CCC2C(C)C)c2ccccc21. The van der Waals surface area contributed by atoms with E-state index in [2.05, 4.69) is 124 Å². The maximum Gasteiger partial charge on any atom is 0.378 e. The van der Waals surface area contributed by atoms with E-state index >= 15 is 0 Å². The topological polar surface area (TPSA) is 9.23 Å². The molecule has 0 saturated heterocycles. The molecule has 3 aliphatic carbocycles. The Labute approximate surface area is 243 Å². The Hall–Kier alpha value is -2.83. The third-order valence-electron chi connectivity index (χ3n) is 9.40. The predicted octanol–water partition coefficient (Wildman–Crippen LogP) is 8.96. The van der Waals surface area contributed by atoms with Crippen LogP contribution in [-0.2, 0) is 4.74 Å².